The first-order valence-electron chi connectivity index (χ1n) is 6.08. The van der Waals surface area contributed by atoms with Crippen LogP contribution in [-0.4, -0.2) is 10.3 Å². The van der Waals surface area contributed by atoms with Gasteiger partial charge in [-0.1, -0.05) is 76.6 Å². The Morgan fingerprint density at radius 3 is 1.58 bits per heavy atom. The van der Waals surface area contributed by atoms with Gasteiger partial charge in [0.1, 0.15) is 0 Å². The van der Waals surface area contributed by atoms with E-state index in [0.29, 0.717) is 12.8 Å². The largest absolute Gasteiger partial charge is 0.549 e. The molecule has 0 fully saturated rings. The van der Waals surface area contributed by atoms with Gasteiger partial charge >= 0.3 is 0 Å². The van der Waals surface area contributed by atoms with Gasteiger partial charge in [-0.15, -0.1) is 0 Å². The topological polar surface area (TPSA) is 40.1 Å². The van der Waals surface area contributed by atoms with Crippen LogP contribution >= 0.6 is 15.9 Å². The van der Waals surface area contributed by atoms with E-state index in [4.69, 9.17) is 0 Å². The number of carboxylic acid groups (broad SMARTS) is 1. The molecule has 0 aliphatic rings. The van der Waals surface area contributed by atoms with Crippen LogP contribution in [0.1, 0.15) is 11.1 Å². The highest BCUT2D eigenvalue weighted by molar-refractivity contribution is 9.10. The first-order chi connectivity index (χ1) is 9.10. The summed E-state index contributed by atoms with van der Waals surface area (Å²) in [7, 11) is 0. The molecule has 0 saturated carbocycles. The number of rotatable bonds is 5. The molecule has 2 aromatic carbocycles. The predicted octanol–water partition coefficient (Wildman–Crippen LogP) is 2.36. The number of hydrogen-bond donors (Lipinski definition) is 0. The molecule has 0 aliphatic heterocycles. The molecule has 0 N–H and O–H groups in total. The average molecular weight is 318 g/mol. The monoisotopic (exact) mass is 317 g/mol. The van der Waals surface area contributed by atoms with E-state index in [1.807, 2.05) is 60.7 Å². The van der Waals surface area contributed by atoms with Crippen LogP contribution in [0.4, 0.5) is 0 Å². The SMILES string of the molecule is O=C([O-])C(Br)(Cc1ccccc1)Cc1ccccc1. The zero-order valence-corrected chi connectivity index (χ0v) is 12.0. The van der Waals surface area contributed by atoms with Gasteiger partial charge in [-0.05, 0) is 24.0 Å². The van der Waals surface area contributed by atoms with E-state index in [1.165, 1.54) is 0 Å². The van der Waals surface area contributed by atoms with Crippen molar-refractivity contribution in [3.63, 3.8) is 0 Å². The summed E-state index contributed by atoms with van der Waals surface area (Å²) in [6.07, 6.45) is 0.788. The molecule has 0 atom stereocenters. The highest BCUT2D eigenvalue weighted by Gasteiger charge is 2.29. The molecule has 2 nitrogen and oxygen atoms in total. The highest BCUT2D eigenvalue weighted by atomic mass is 79.9. The molecular formula is C16H14BrO2-. The lowest BCUT2D eigenvalue weighted by Crippen LogP contribution is -2.46. The van der Waals surface area contributed by atoms with Crippen molar-refractivity contribution in [3.8, 4) is 0 Å². The molecule has 19 heavy (non-hydrogen) atoms. The van der Waals surface area contributed by atoms with Crippen LogP contribution in [-0.2, 0) is 17.6 Å². The van der Waals surface area contributed by atoms with Crippen molar-refractivity contribution in [1.29, 1.82) is 0 Å². The lowest BCUT2D eigenvalue weighted by molar-refractivity contribution is -0.308. The third-order valence-electron chi connectivity index (χ3n) is 3.02. The van der Waals surface area contributed by atoms with Crippen LogP contribution in [0, 0.1) is 0 Å². The number of carbonyl (C=O) groups excluding carboxylic acids is 1. The fourth-order valence-electron chi connectivity index (χ4n) is 2.05. The molecule has 2 rings (SSSR count). The van der Waals surface area contributed by atoms with Crippen LogP contribution in [0.25, 0.3) is 0 Å². The number of hydrogen-bond acceptors (Lipinski definition) is 2. The highest BCUT2D eigenvalue weighted by Crippen LogP contribution is 2.27. The van der Waals surface area contributed by atoms with E-state index in [0.717, 1.165) is 11.1 Å². The number of benzene rings is 2. The first kappa shape index (κ1) is 13.8. The van der Waals surface area contributed by atoms with Gasteiger partial charge in [0.05, 0.1) is 10.3 Å². The molecule has 0 aromatic heterocycles. The third-order valence-corrected chi connectivity index (χ3v) is 3.90. The van der Waals surface area contributed by atoms with E-state index in [9.17, 15) is 9.90 Å². The van der Waals surface area contributed by atoms with Gasteiger partial charge in [0, 0.05) is 0 Å². The van der Waals surface area contributed by atoms with Crippen molar-refractivity contribution in [2.75, 3.05) is 0 Å². The average Bonchev–Trinajstić information content (AvgIpc) is 2.40. The summed E-state index contributed by atoms with van der Waals surface area (Å²) in [6.45, 7) is 0. The predicted molar refractivity (Wildman–Crippen MR) is 77.0 cm³/mol. The maximum absolute atomic E-state index is 11.5. The lowest BCUT2D eigenvalue weighted by atomic mass is 9.92. The maximum atomic E-state index is 11.5. The van der Waals surface area contributed by atoms with Crippen molar-refractivity contribution in [2.24, 2.45) is 0 Å². The minimum atomic E-state index is -1.08. The second kappa shape index (κ2) is 6.02. The number of aliphatic carboxylic acids is 1. The smallest absolute Gasteiger partial charge is 0.0731 e. The quantitative estimate of drug-likeness (QED) is 0.794. The molecule has 3 heteroatoms. The lowest BCUT2D eigenvalue weighted by Gasteiger charge is -2.29. The molecule has 0 radical (unpaired) electrons. The van der Waals surface area contributed by atoms with Gasteiger partial charge in [-0.25, -0.2) is 0 Å². The molecule has 2 aromatic rings. The summed E-state index contributed by atoms with van der Waals surface area (Å²) in [5.41, 5.74) is 1.94. The van der Waals surface area contributed by atoms with Gasteiger partial charge in [0.25, 0.3) is 0 Å². The number of alkyl halides is 1. The summed E-state index contributed by atoms with van der Waals surface area (Å²) in [4.78, 5) is 11.5. The maximum Gasteiger partial charge on any atom is 0.0731 e. The van der Waals surface area contributed by atoms with Crippen LogP contribution in [0.5, 0.6) is 0 Å². The van der Waals surface area contributed by atoms with E-state index in [1.54, 1.807) is 0 Å². The standard InChI is InChI=1S/C16H15BrO2/c17-16(15(18)19,11-13-7-3-1-4-8-13)12-14-9-5-2-6-10-14/h1-10H,11-12H2,(H,18,19)/p-1. The Balaban J connectivity index is 2.21. The summed E-state index contributed by atoms with van der Waals surface area (Å²) >= 11 is 3.36. The second-order valence-electron chi connectivity index (χ2n) is 4.58. The van der Waals surface area contributed by atoms with E-state index in [2.05, 4.69) is 15.9 Å². The Morgan fingerprint density at radius 2 is 1.26 bits per heavy atom. The summed E-state index contributed by atoms with van der Waals surface area (Å²) in [5.74, 6) is -1.08. The molecule has 0 saturated heterocycles. The van der Waals surface area contributed by atoms with E-state index >= 15 is 0 Å². The molecule has 0 heterocycles. The number of halogens is 1. The van der Waals surface area contributed by atoms with Crippen LogP contribution < -0.4 is 5.11 Å². The number of carboxylic acids is 1. The van der Waals surface area contributed by atoms with Gasteiger partial charge in [-0.2, -0.15) is 0 Å². The minimum Gasteiger partial charge on any atom is -0.549 e. The Morgan fingerprint density at radius 1 is 0.895 bits per heavy atom. The Labute approximate surface area is 121 Å². The molecule has 0 spiro atoms. The summed E-state index contributed by atoms with van der Waals surface area (Å²) in [6, 6.07) is 19.1. The van der Waals surface area contributed by atoms with Gasteiger partial charge in [-0.3, -0.25) is 0 Å². The molecule has 98 valence electrons. The summed E-state index contributed by atoms with van der Waals surface area (Å²) < 4.78 is -1.07. The van der Waals surface area contributed by atoms with Crippen molar-refractivity contribution < 1.29 is 9.90 Å². The molecule has 0 unspecified atom stereocenters. The van der Waals surface area contributed by atoms with Gasteiger partial charge in [0.2, 0.25) is 0 Å². The molecular weight excluding hydrogens is 304 g/mol. The van der Waals surface area contributed by atoms with E-state index in [-0.39, 0.29) is 0 Å². The molecule has 0 bridgehead atoms. The van der Waals surface area contributed by atoms with Gasteiger partial charge in [0.15, 0.2) is 0 Å². The Kier molecular flexibility index (Phi) is 4.38. The van der Waals surface area contributed by atoms with Crippen molar-refractivity contribution in [3.05, 3.63) is 71.8 Å². The van der Waals surface area contributed by atoms with Crippen LogP contribution in [0.3, 0.4) is 0 Å². The molecule has 0 amide bonds. The zero-order chi connectivity index (χ0) is 13.7. The van der Waals surface area contributed by atoms with Gasteiger partial charge < -0.3 is 9.90 Å². The zero-order valence-electron chi connectivity index (χ0n) is 10.4. The Bertz CT molecular complexity index is 496. The second-order valence-corrected chi connectivity index (χ2v) is 6.10. The van der Waals surface area contributed by atoms with Crippen LogP contribution in [0.2, 0.25) is 0 Å². The fourth-order valence-corrected chi connectivity index (χ4v) is 2.69. The fraction of sp³-hybridized carbons (Fsp3) is 0.188. The molecule has 0 aliphatic carbocycles. The van der Waals surface area contributed by atoms with Crippen molar-refractivity contribution >= 4 is 21.9 Å². The third kappa shape index (κ3) is 3.67. The van der Waals surface area contributed by atoms with Crippen molar-refractivity contribution in [2.45, 2.75) is 17.2 Å². The van der Waals surface area contributed by atoms with E-state index < -0.39 is 10.3 Å². The Hall–Kier alpha value is -1.61. The number of carbonyl (C=O) groups is 1. The van der Waals surface area contributed by atoms with Crippen molar-refractivity contribution in [1.82, 2.24) is 0 Å². The van der Waals surface area contributed by atoms with Crippen LogP contribution in [0.15, 0.2) is 60.7 Å². The minimum absolute atomic E-state index is 0.394. The summed E-state index contributed by atoms with van der Waals surface area (Å²) in [5, 5.41) is 11.5. The normalized spacial score (nSPS) is 11.2. The first-order valence-corrected chi connectivity index (χ1v) is 6.88.